The van der Waals surface area contributed by atoms with E-state index in [2.05, 4.69) is 36.7 Å². The molecule has 1 atom stereocenters. The number of rotatable bonds is 7. The molecule has 0 radical (unpaired) electrons. The van der Waals surface area contributed by atoms with Crippen molar-refractivity contribution in [2.45, 2.75) is 26.3 Å². The Bertz CT molecular complexity index is 341. The summed E-state index contributed by atoms with van der Waals surface area (Å²) in [5, 5.41) is 15.2. The highest BCUT2D eigenvalue weighted by Crippen LogP contribution is 2.30. The summed E-state index contributed by atoms with van der Waals surface area (Å²) >= 11 is 1.80. The standard InChI is InChI=1S/C14H23NO2S/c1-11(2)6-12(13-4-3-5-18-13)15-7-14(8-16)9-17-10-14/h3-5,11-12,15-16H,6-10H2,1-2H3. The Morgan fingerprint density at radius 3 is 2.72 bits per heavy atom. The third-order valence-corrected chi connectivity index (χ3v) is 4.46. The predicted molar refractivity (Wildman–Crippen MR) is 74.9 cm³/mol. The van der Waals surface area contributed by atoms with E-state index in [0.29, 0.717) is 25.2 Å². The lowest BCUT2D eigenvalue weighted by Gasteiger charge is -2.41. The van der Waals surface area contributed by atoms with Crippen LogP contribution in [0, 0.1) is 11.3 Å². The van der Waals surface area contributed by atoms with Gasteiger partial charge in [-0.3, -0.25) is 0 Å². The van der Waals surface area contributed by atoms with Crippen molar-refractivity contribution in [2.24, 2.45) is 11.3 Å². The summed E-state index contributed by atoms with van der Waals surface area (Å²) in [5.41, 5.74) is -0.0491. The third kappa shape index (κ3) is 3.32. The Balaban J connectivity index is 1.93. The lowest BCUT2D eigenvalue weighted by atomic mass is 9.86. The van der Waals surface area contributed by atoms with E-state index in [0.717, 1.165) is 13.0 Å². The first-order valence-electron chi connectivity index (χ1n) is 6.61. The molecule has 0 aliphatic carbocycles. The van der Waals surface area contributed by atoms with Gasteiger partial charge in [0.1, 0.15) is 0 Å². The van der Waals surface area contributed by atoms with E-state index in [-0.39, 0.29) is 12.0 Å². The van der Waals surface area contributed by atoms with Crippen LogP contribution in [0.3, 0.4) is 0 Å². The van der Waals surface area contributed by atoms with E-state index < -0.39 is 0 Å². The zero-order valence-electron chi connectivity index (χ0n) is 11.2. The number of aliphatic hydroxyl groups is 1. The lowest BCUT2D eigenvalue weighted by molar-refractivity contribution is -0.135. The van der Waals surface area contributed by atoms with Crippen molar-refractivity contribution >= 4 is 11.3 Å². The SMILES string of the molecule is CC(C)CC(NCC1(CO)COC1)c1cccs1. The molecule has 0 bridgehead atoms. The van der Waals surface area contributed by atoms with Gasteiger partial charge in [0, 0.05) is 17.5 Å². The van der Waals surface area contributed by atoms with E-state index in [1.165, 1.54) is 4.88 Å². The number of hydrogen-bond donors (Lipinski definition) is 2. The molecule has 0 amide bonds. The van der Waals surface area contributed by atoms with E-state index in [1.54, 1.807) is 11.3 Å². The molecular weight excluding hydrogens is 246 g/mol. The van der Waals surface area contributed by atoms with Gasteiger partial charge in [-0.05, 0) is 23.8 Å². The van der Waals surface area contributed by atoms with Crippen LogP contribution in [0.1, 0.15) is 31.2 Å². The van der Waals surface area contributed by atoms with E-state index >= 15 is 0 Å². The fourth-order valence-electron chi connectivity index (χ4n) is 2.24. The van der Waals surface area contributed by atoms with Crippen molar-refractivity contribution < 1.29 is 9.84 Å². The highest BCUT2D eigenvalue weighted by atomic mass is 32.1. The van der Waals surface area contributed by atoms with Crippen LogP contribution >= 0.6 is 11.3 Å². The van der Waals surface area contributed by atoms with Crippen molar-refractivity contribution in [1.29, 1.82) is 0 Å². The summed E-state index contributed by atoms with van der Waals surface area (Å²) in [5.74, 6) is 0.660. The summed E-state index contributed by atoms with van der Waals surface area (Å²) in [6, 6.07) is 4.69. The van der Waals surface area contributed by atoms with Gasteiger partial charge in [0.05, 0.1) is 25.2 Å². The molecule has 0 saturated carbocycles. The number of hydrogen-bond acceptors (Lipinski definition) is 4. The molecule has 1 unspecified atom stereocenters. The summed E-state index contributed by atoms with van der Waals surface area (Å²) in [4.78, 5) is 1.39. The van der Waals surface area contributed by atoms with E-state index in [4.69, 9.17) is 4.74 Å². The van der Waals surface area contributed by atoms with Crippen LogP contribution in [-0.2, 0) is 4.74 Å². The Morgan fingerprint density at radius 2 is 2.28 bits per heavy atom. The molecule has 1 aliphatic heterocycles. The van der Waals surface area contributed by atoms with Gasteiger partial charge in [0.15, 0.2) is 0 Å². The van der Waals surface area contributed by atoms with Crippen molar-refractivity contribution in [3.63, 3.8) is 0 Å². The molecule has 1 fully saturated rings. The smallest absolute Gasteiger partial charge is 0.0579 e. The van der Waals surface area contributed by atoms with Gasteiger partial charge in [-0.15, -0.1) is 11.3 Å². The maximum atomic E-state index is 9.44. The normalized spacial score (nSPS) is 19.8. The second-order valence-corrected chi connectivity index (χ2v) is 6.71. The van der Waals surface area contributed by atoms with E-state index in [1.807, 2.05) is 0 Å². The molecule has 1 aromatic heterocycles. The molecular formula is C14H23NO2S. The monoisotopic (exact) mass is 269 g/mol. The number of aliphatic hydroxyl groups excluding tert-OH is 1. The average molecular weight is 269 g/mol. The highest BCUT2D eigenvalue weighted by molar-refractivity contribution is 7.10. The minimum absolute atomic E-state index is 0.0491. The fourth-order valence-corrected chi connectivity index (χ4v) is 3.06. The summed E-state index contributed by atoms with van der Waals surface area (Å²) in [6.45, 7) is 6.88. The van der Waals surface area contributed by atoms with Crippen molar-refractivity contribution in [3.8, 4) is 0 Å². The molecule has 4 heteroatoms. The van der Waals surface area contributed by atoms with E-state index in [9.17, 15) is 5.11 Å². The predicted octanol–water partition coefficient (Wildman–Crippen LogP) is 2.43. The molecule has 102 valence electrons. The van der Waals surface area contributed by atoms with Crippen LogP contribution in [0.2, 0.25) is 0 Å². The largest absolute Gasteiger partial charge is 0.396 e. The Labute approximate surface area is 113 Å². The van der Waals surface area contributed by atoms with Gasteiger partial charge in [-0.25, -0.2) is 0 Å². The molecule has 2 heterocycles. The minimum Gasteiger partial charge on any atom is -0.396 e. The van der Waals surface area contributed by atoms with Gasteiger partial charge < -0.3 is 15.2 Å². The third-order valence-electron chi connectivity index (χ3n) is 3.47. The molecule has 1 aromatic rings. The first kappa shape index (κ1) is 14.0. The molecule has 0 spiro atoms. The lowest BCUT2D eigenvalue weighted by Crippen LogP contribution is -2.52. The quantitative estimate of drug-likeness (QED) is 0.799. The van der Waals surface area contributed by atoms with Crippen LogP contribution in [-0.4, -0.2) is 31.5 Å². The van der Waals surface area contributed by atoms with Crippen LogP contribution < -0.4 is 5.32 Å². The number of thiophene rings is 1. The molecule has 2 N–H and O–H groups in total. The fraction of sp³-hybridized carbons (Fsp3) is 0.714. The summed E-state index contributed by atoms with van der Waals surface area (Å²) < 4.78 is 5.24. The first-order valence-corrected chi connectivity index (χ1v) is 7.48. The van der Waals surface area contributed by atoms with Crippen LogP contribution in [0.25, 0.3) is 0 Å². The van der Waals surface area contributed by atoms with Gasteiger partial charge in [-0.1, -0.05) is 19.9 Å². The van der Waals surface area contributed by atoms with Crippen LogP contribution in [0.5, 0.6) is 0 Å². The first-order chi connectivity index (χ1) is 8.65. The average Bonchev–Trinajstić information content (AvgIpc) is 2.79. The highest BCUT2D eigenvalue weighted by Gasteiger charge is 2.38. The molecule has 18 heavy (non-hydrogen) atoms. The number of ether oxygens (including phenoxy) is 1. The van der Waals surface area contributed by atoms with Gasteiger partial charge in [0.25, 0.3) is 0 Å². The van der Waals surface area contributed by atoms with Crippen molar-refractivity contribution in [3.05, 3.63) is 22.4 Å². The second-order valence-electron chi connectivity index (χ2n) is 5.73. The Morgan fingerprint density at radius 1 is 1.50 bits per heavy atom. The van der Waals surface area contributed by atoms with Crippen LogP contribution in [0.4, 0.5) is 0 Å². The maximum absolute atomic E-state index is 9.44. The molecule has 1 saturated heterocycles. The second kappa shape index (κ2) is 6.15. The van der Waals surface area contributed by atoms with Crippen molar-refractivity contribution in [1.82, 2.24) is 5.32 Å². The van der Waals surface area contributed by atoms with Crippen LogP contribution in [0.15, 0.2) is 17.5 Å². The maximum Gasteiger partial charge on any atom is 0.0579 e. The van der Waals surface area contributed by atoms with Gasteiger partial charge in [0.2, 0.25) is 0 Å². The van der Waals surface area contributed by atoms with Gasteiger partial charge in [-0.2, -0.15) is 0 Å². The zero-order valence-corrected chi connectivity index (χ0v) is 12.0. The minimum atomic E-state index is -0.0491. The molecule has 3 nitrogen and oxygen atoms in total. The number of nitrogens with one attached hydrogen (secondary N) is 1. The Hall–Kier alpha value is -0.420. The zero-order chi connectivity index (χ0) is 13.0. The summed E-state index contributed by atoms with van der Waals surface area (Å²) in [6.07, 6.45) is 1.13. The van der Waals surface area contributed by atoms with Gasteiger partial charge >= 0.3 is 0 Å². The molecule has 0 aromatic carbocycles. The topological polar surface area (TPSA) is 41.5 Å². The summed E-state index contributed by atoms with van der Waals surface area (Å²) in [7, 11) is 0. The Kier molecular flexibility index (Phi) is 4.78. The van der Waals surface area contributed by atoms with Crippen molar-refractivity contribution in [2.75, 3.05) is 26.4 Å². The molecule has 2 rings (SSSR count). The molecule has 1 aliphatic rings.